The summed E-state index contributed by atoms with van der Waals surface area (Å²) in [7, 11) is 2.76. The van der Waals surface area contributed by atoms with Gasteiger partial charge in [0, 0.05) is 50.9 Å². The molecule has 242 valence electrons. The smallest absolute Gasteiger partial charge is 0.342 e. The van der Waals surface area contributed by atoms with Crippen LogP contribution in [0.25, 0.3) is 0 Å². The van der Waals surface area contributed by atoms with E-state index in [9.17, 15) is 35.1 Å². The number of ether oxygens (including phenoxy) is 4. The lowest BCUT2D eigenvalue weighted by Gasteiger charge is -2.48. The number of hydrogen-bond acceptors (Lipinski definition) is 11. The number of aliphatic hydroxyl groups excluding tert-OH is 3. The Morgan fingerprint density at radius 2 is 1.84 bits per heavy atom. The topological polar surface area (TPSA) is 184 Å². The standard InChI is InChI=1S/C31H47NO11/c1-14(2)9-22(40-7)27(37)28(38)32-29(41-8)23-13-24(36)31(5,6)25(42-23)12-19(34)16(4)21-10-17-15(3)18(33)11-20(35)26(17)30(39)43-21/h11,16,19,21-25,27,29,33-37H,1,9-10,12-13H2,2-8H3,(H,32,38)/t16-,19+,21?,22+,23+,24-,25-,27+,29+/m1/s1. The molecule has 6 N–H and O–H groups in total. The van der Waals surface area contributed by atoms with Gasteiger partial charge in [0.1, 0.15) is 29.3 Å². The molecule has 9 atom stereocenters. The highest BCUT2D eigenvalue weighted by Crippen LogP contribution is 2.42. The lowest BCUT2D eigenvalue weighted by atomic mass is 9.73. The van der Waals surface area contributed by atoms with E-state index in [-0.39, 0.29) is 42.7 Å². The number of nitrogens with one attached hydrogen (secondary N) is 1. The van der Waals surface area contributed by atoms with E-state index in [4.69, 9.17) is 18.9 Å². The lowest BCUT2D eigenvalue weighted by Crippen LogP contribution is -2.59. The highest BCUT2D eigenvalue weighted by atomic mass is 16.6. The van der Waals surface area contributed by atoms with Crippen LogP contribution in [0.5, 0.6) is 11.5 Å². The number of amides is 1. The molecule has 12 heteroatoms. The van der Waals surface area contributed by atoms with Gasteiger partial charge in [0.05, 0.1) is 24.4 Å². The van der Waals surface area contributed by atoms with Crippen molar-refractivity contribution >= 4 is 11.9 Å². The number of phenolic OH excluding ortho intramolecular Hbond substituents is 2. The molecule has 2 heterocycles. The molecule has 1 aromatic carbocycles. The molecule has 0 radical (unpaired) electrons. The van der Waals surface area contributed by atoms with Crippen molar-refractivity contribution in [3.63, 3.8) is 0 Å². The number of methoxy groups -OCH3 is 2. The molecule has 1 aromatic rings. The van der Waals surface area contributed by atoms with Gasteiger partial charge in [-0.3, -0.25) is 4.79 Å². The summed E-state index contributed by atoms with van der Waals surface area (Å²) in [6.45, 7) is 12.6. The molecule has 1 unspecified atom stereocenters. The summed E-state index contributed by atoms with van der Waals surface area (Å²) in [4.78, 5) is 25.6. The van der Waals surface area contributed by atoms with Crippen molar-refractivity contribution in [2.75, 3.05) is 14.2 Å². The predicted molar refractivity (Wildman–Crippen MR) is 155 cm³/mol. The summed E-state index contributed by atoms with van der Waals surface area (Å²) >= 11 is 0. The lowest BCUT2D eigenvalue weighted by molar-refractivity contribution is -0.217. The quantitative estimate of drug-likeness (QED) is 0.115. The number of aromatic hydroxyl groups is 2. The molecule has 1 fully saturated rings. The van der Waals surface area contributed by atoms with Crippen LogP contribution < -0.4 is 5.32 Å². The molecule has 1 saturated heterocycles. The Labute approximate surface area is 252 Å². The first-order valence-corrected chi connectivity index (χ1v) is 14.5. The van der Waals surface area contributed by atoms with E-state index < -0.39 is 72.2 Å². The van der Waals surface area contributed by atoms with Crippen molar-refractivity contribution in [3.8, 4) is 11.5 Å². The van der Waals surface area contributed by atoms with E-state index in [0.29, 0.717) is 11.1 Å². The predicted octanol–water partition coefficient (Wildman–Crippen LogP) is 1.85. The molecule has 0 saturated carbocycles. The summed E-state index contributed by atoms with van der Waals surface area (Å²) in [6.07, 6.45) is -6.89. The summed E-state index contributed by atoms with van der Waals surface area (Å²) in [5, 5.41) is 56.0. The maximum atomic E-state index is 12.9. The third-order valence-corrected chi connectivity index (χ3v) is 9.02. The van der Waals surface area contributed by atoms with Crippen molar-refractivity contribution in [1.82, 2.24) is 5.32 Å². The van der Waals surface area contributed by atoms with E-state index in [1.54, 1.807) is 20.8 Å². The van der Waals surface area contributed by atoms with Crippen LogP contribution in [0.4, 0.5) is 0 Å². The SMILES string of the molecule is C=C(C)C[C@H](OC)[C@H](O)C(=O)N[C@@H](OC)[C@@H]1C[C@@H](O)C(C)(C)[C@@H](C[C@H](O)[C@@H](C)C2Cc3c(C)c(O)cc(O)c3C(=O)O2)O1. The highest BCUT2D eigenvalue weighted by molar-refractivity contribution is 5.96. The van der Waals surface area contributed by atoms with Crippen LogP contribution >= 0.6 is 0 Å². The Bertz CT molecular complexity index is 1180. The Morgan fingerprint density at radius 3 is 2.42 bits per heavy atom. The Hall–Kier alpha value is -2.74. The van der Waals surface area contributed by atoms with Crippen LogP contribution in [-0.2, 0) is 30.2 Å². The van der Waals surface area contributed by atoms with Gasteiger partial charge in [0.25, 0.3) is 5.91 Å². The maximum absolute atomic E-state index is 12.9. The van der Waals surface area contributed by atoms with Gasteiger partial charge in [0.2, 0.25) is 0 Å². The summed E-state index contributed by atoms with van der Waals surface area (Å²) in [5.41, 5.74) is 0.851. The van der Waals surface area contributed by atoms with Gasteiger partial charge in [-0.2, -0.15) is 0 Å². The van der Waals surface area contributed by atoms with Crippen molar-refractivity contribution in [1.29, 1.82) is 0 Å². The fourth-order valence-electron chi connectivity index (χ4n) is 5.80. The molecule has 12 nitrogen and oxygen atoms in total. The van der Waals surface area contributed by atoms with Crippen LogP contribution in [-0.4, -0.2) is 101 Å². The zero-order valence-corrected chi connectivity index (χ0v) is 26.0. The number of rotatable bonds is 12. The molecule has 2 aliphatic rings. The third-order valence-electron chi connectivity index (χ3n) is 9.02. The zero-order chi connectivity index (χ0) is 32.4. The second-order valence-electron chi connectivity index (χ2n) is 12.5. The molecule has 0 aromatic heterocycles. The largest absolute Gasteiger partial charge is 0.508 e. The average Bonchev–Trinajstić information content (AvgIpc) is 2.94. The number of carbonyl (C=O) groups excluding carboxylic acids is 2. The monoisotopic (exact) mass is 609 g/mol. The Morgan fingerprint density at radius 1 is 1.19 bits per heavy atom. The summed E-state index contributed by atoms with van der Waals surface area (Å²) < 4.78 is 22.7. The van der Waals surface area contributed by atoms with Crippen LogP contribution in [0.1, 0.15) is 68.4 Å². The van der Waals surface area contributed by atoms with Crippen molar-refractivity contribution in [2.24, 2.45) is 11.3 Å². The molecule has 0 bridgehead atoms. The molecular weight excluding hydrogens is 562 g/mol. The molecule has 0 spiro atoms. The van der Waals surface area contributed by atoms with Crippen LogP contribution in [0.2, 0.25) is 0 Å². The van der Waals surface area contributed by atoms with Gasteiger partial charge in [-0.05, 0) is 31.4 Å². The van der Waals surface area contributed by atoms with Crippen molar-refractivity contribution in [2.45, 2.75) is 109 Å². The van der Waals surface area contributed by atoms with Crippen LogP contribution in [0.15, 0.2) is 18.2 Å². The van der Waals surface area contributed by atoms with Gasteiger partial charge >= 0.3 is 5.97 Å². The highest BCUT2D eigenvalue weighted by Gasteiger charge is 2.48. The minimum atomic E-state index is -1.50. The number of esters is 1. The zero-order valence-electron chi connectivity index (χ0n) is 26.0. The Kier molecular flexibility index (Phi) is 11.2. The van der Waals surface area contributed by atoms with Gasteiger partial charge in [0.15, 0.2) is 12.3 Å². The second-order valence-corrected chi connectivity index (χ2v) is 12.5. The van der Waals surface area contributed by atoms with Crippen molar-refractivity contribution < 1.29 is 54.1 Å². The van der Waals surface area contributed by atoms with Gasteiger partial charge in [-0.15, -0.1) is 6.58 Å². The normalized spacial score (nSPS) is 26.8. The number of hydrogen-bond donors (Lipinski definition) is 6. The van der Waals surface area contributed by atoms with Crippen LogP contribution in [0, 0.1) is 18.3 Å². The molecule has 2 aliphatic heterocycles. The maximum Gasteiger partial charge on any atom is 0.342 e. The van der Waals surface area contributed by atoms with E-state index >= 15 is 0 Å². The van der Waals surface area contributed by atoms with E-state index in [1.807, 2.05) is 13.8 Å². The number of phenols is 2. The fraction of sp³-hybridized carbons (Fsp3) is 0.677. The molecular formula is C31H47NO11. The first-order valence-electron chi connectivity index (χ1n) is 14.5. The molecule has 1 amide bonds. The van der Waals surface area contributed by atoms with E-state index in [0.717, 1.165) is 11.6 Å². The first-order chi connectivity index (χ1) is 20.0. The Balaban J connectivity index is 1.73. The van der Waals surface area contributed by atoms with Crippen molar-refractivity contribution in [3.05, 3.63) is 34.9 Å². The number of aliphatic hydroxyl groups is 3. The van der Waals surface area contributed by atoms with Crippen LogP contribution in [0.3, 0.4) is 0 Å². The van der Waals surface area contributed by atoms with Gasteiger partial charge in [-0.25, -0.2) is 4.79 Å². The third kappa shape index (κ3) is 7.50. The number of fused-ring (bicyclic) bond motifs is 1. The van der Waals surface area contributed by atoms with E-state index in [1.165, 1.54) is 14.2 Å². The number of cyclic esters (lactones) is 1. The van der Waals surface area contributed by atoms with Gasteiger partial charge in [-0.1, -0.05) is 26.3 Å². The van der Waals surface area contributed by atoms with E-state index in [2.05, 4.69) is 11.9 Å². The minimum absolute atomic E-state index is 0.00479. The van der Waals surface area contributed by atoms with Gasteiger partial charge < -0.3 is 49.8 Å². The molecule has 43 heavy (non-hydrogen) atoms. The second kappa shape index (κ2) is 13.9. The number of carbonyl (C=O) groups is 2. The summed E-state index contributed by atoms with van der Waals surface area (Å²) in [6, 6.07) is 1.10. The fourth-order valence-corrected chi connectivity index (χ4v) is 5.80. The molecule has 0 aliphatic carbocycles. The average molecular weight is 610 g/mol. The first kappa shape index (κ1) is 34.7. The molecule has 3 rings (SSSR count). The summed E-state index contributed by atoms with van der Waals surface area (Å²) in [5.74, 6) is -2.57. The minimum Gasteiger partial charge on any atom is -0.508 e. The number of benzene rings is 1.